The molecule has 3 aliphatic rings. The zero-order chi connectivity index (χ0) is 32.8. The molecule has 0 spiro atoms. The molecule has 2 aliphatic carbocycles. The van der Waals surface area contributed by atoms with Crippen molar-refractivity contribution in [3.8, 4) is 0 Å². The highest BCUT2D eigenvalue weighted by atomic mass is 19.1. The molecule has 2 amide bonds. The van der Waals surface area contributed by atoms with Gasteiger partial charge in [-0.3, -0.25) is 9.59 Å². The van der Waals surface area contributed by atoms with Crippen LogP contribution in [0.3, 0.4) is 0 Å². The maximum Gasteiger partial charge on any atom is 0.250 e. The number of halogens is 1. The van der Waals surface area contributed by atoms with Gasteiger partial charge in [0.2, 0.25) is 11.8 Å². The normalized spacial score (nSPS) is 21.5. The van der Waals surface area contributed by atoms with E-state index in [1.807, 2.05) is 30.3 Å². The Morgan fingerprint density at radius 2 is 1.66 bits per heavy atom. The van der Waals surface area contributed by atoms with Crippen LogP contribution in [-0.4, -0.2) is 53.5 Å². The lowest BCUT2D eigenvalue weighted by molar-refractivity contribution is -0.146. The summed E-state index contributed by atoms with van der Waals surface area (Å²) in [4.78, 5) is 36.5. The standard InChI is InChI=1S/C39H45FN4O3/c1-26-35(30-11-5-7-13-33(30)41-26)36-31(38(36,2)3)24-34(45)44(25-27-10-4-6-12-32(27)40)39(18-8-9-19-39)37(46)42-28-14-16-29(17-15-28)43-20-22-47-23-21-43/h4-7,10-17,31,36,41H,8-9,18-25H2,1-3H3,(H,42,46). The van der Waals surface area contributed by atoms with Gasteiger partial charge in [-0.25, -0.2) is 4.39 Å². The molecular weight excluding hydrogens is 591 g/mol. The van der Waals surface area contributed by atoms with Crippen LogP contribution in [0.5, 0.6) is 0 Å². The molecule has 246 valence electrons. The Morgan fingerprint density at radius 1 is 0.979 bits per heavy atom. The number of hydrogen-bond donors (Lipinski definition) is 2. The molecule has 1 aliphatic heterocycles. The first kappa shape index (κ1) is 31.4. The van der Waals surface area contributed by atoms with Gasteiger partial charge < -0.3 is 24.8 Å². The summed E-state index contributed by atoms with van der Waals surface area (Å²) in [5.41, 5.74) is 4.56. The Kier molecular flexibility index (Phi) is 8.33. The van der Waals surface area contributed by atoms with E-state index in [1.54, 1.807) is 23.1 Å². The number of ether oxygens (including phenoxy) is 1. The Morgan fingerprint density at radius 3 is 2.38 bits per heavy atom. The first-order valence-corrected chi connectivity index (χ1v) is 17.0. The van der Waals surface area contributed by atoms with Crippen molar-refractivity contribution >= 4 is 34.1 Å². The van der Waals surface area contributed by atoms with Gasteiger partial charge in [0.05, 0.1) is 13.2 Å². The number of aryl methyl sites for hydroxylation is 1. The Balaban J connectivity index is 1.17. The number of anilines is 2. The number of nitrogens with zero attached hydrogens (tertiary/aromatic N) is 2. The monoisotopic (exact) mass is 636 g/mol. The fourth-order valence-corrected chi connectivity index (χ4v) is 8.37. The van der Waals surface area contributed by atoms with Crippen LogP contribution in [0.4, 0.5) is 15.8 Å². The highest BCUT2D eigenvalue weighted by Crippen LogP contribution is 2.67. The predicted octanol–water partition coefficient (Wildman–Crippen LogP) is 7.56. The van der Waals surface area contributed by atoms with Crippen molar-refractivity contribution in [2.24, 2.45) is 11.3 Å². The minimum atomic E-state index is -1.06. The zero-order valence-electron chi connectivity index (χ0n) is 27.7. The van der Waals surface area contributed by atoms with Gasteiger partial charge in [0.25, 0.3) is 0 Å². The number of H-pyrrole nitrogens is 1. The number of hydrogen-bond acceptors (Lipinski definition) is 4. The van der Waals surface area contributed by atoms with Crippen molar-refractivity contribution in [1.29, 1.82) is 0 Å². The molecule has 3 aromatic carbocycles. The Hall–Kier alpha value is -4.17. The third-order valence-corrected chi connectivity index (χ3v) is 11.2. The van der Waals surface area contributed by atoms with Gasteiger partial charge in [0.1, 0.15) is 11.4 Å². The Labute approximate surface area is 276 Å². The van der Waals surface area contributed by atoms with Gasteiger partial charge in [0, 0.05) is 59.6 Å². The van der Waals surface area contributed by atoms with E-state index in [4.69, 9.17) is 4.74 Å². The van der Waals surface area contributed by atoms with E-state index in [1.165, 1.54) is 17.0 Å². The number of benzene rings is 3. The van der Waals surface area contributed by atoms with Crippen molar-refractivity contribution in [3.63, 3.8) is 0 Å². The summed E-state index contributed by atoms with van der Waals surface area (Å²) in [7, 11) is 0. The van der Waals surface area contributed by atoms with Crippen LogP contribution >= 0.6 is 0 Å². The number of morpholine rings is 1. The molecular formula is C39H45FN4O3. The van der Waals surface area contributed by atoms with Gasteiger partial charge in [-0.1, -0.05) is 63.1 Å². The van der Waals surface area contributed by atoms with Crippen LogP contribution in [0.15, 0.2) is 72.8 Å². The number of carbonyl (C=O) groups is 2. The molecule has 1 aromatic heterocycles. The number of aromatic nitrogens is 1. The minimum Gasteiger partial charge on any atom is -0.378 e. The second-order valence-electron chi connectivity index (χ2n) is 14.2. The van der Waals surface area contributed by atoms with E-state index in [0.717, 1.165) is 42.8 Å². The van der Waals surface area contributed by atoms with Crippen LogP contribution < -0.4 is 10.2 Å². The average molecular weight is 637 g/mol. The number of para-hydroxylation sites is 1. The van der Waals surface area contributed by atoms with E-state index in [-0.39, 0.29) is 41.4 Å². The molecule has 47 heavy (non-hydrogen) atoms. The van der Waals surface area contributed by atoms with Crippen molar-refractivity contribution in [2.45, 2.75) is 70.9 Å². The number of fused-ring (bicyclic) bond motifs is 1. The van der Waals surface area contributed by atoms with E-state index in [2.05, 4.69) is 54.2 Å². The maximum absolute atomic E-state index is 15.1. The predicted molar refractivity (Wildman–Crippen MR) is 184 cm³/mol. The second-order valence-corrected chi connectivity index (χ2v) is 14.2. The first-order chi connectivity index (χ1) is 22.7. The molecule has 7 rings (SSSR count). The fraction of sp³-hybridized carbons (Fsp3) is 0.436. The summed E-state index contributed by atoms with van der Waals surface area (Å²) in [5, 5.41) is 4.36. The van der Waals surface area contributed by atoms with Gasteiger partial charge >= 0.3 is 0 Å². The lowest BCUT2D eigenvalue weighted by atomic mass is 9.91. The number of amides is 2. The largest absolute Gasteiger partial charge is 0.378 e. The highest BCUT2D eigenvalue weighted by Gasteiger charge is 2.61. The van der Waals surface area contributed by atoms with E-state index in [9.17, 15) is 9.59 Å². The molecule has 0 radical (unpaired) electrons. The van der Waals surface area contributed by atoms with Crippen LogP contribution in [0.1, 0.15) is 68.7 Å². The van der Waals surface area contributed by atoms with Gasteiger partial charge in [-0.15, -0.1) is 0 Å². The number of nitrogens with one attached hydrogen (secondary N) is 2. The van der Waals surface area contributed by atoms with Crippen LogP contribution in [0, 0.1) is 24.1 Å². The zero-order valence-corrected chi connectivity index (χ0v) is 27.7. The molecule has 0 bridgehead atoms. The molecule has 2 heterocycles. The van der Waals surface area contributed by atoms with E-state index < -0.39 is 5.54 Å². The lowest BCUT2D eigenvalue weighted by Crippen LogP contribution is -2.57. The molecule has 2 atom stereocenters. The summed E-state index contributed by atoms with van der Waals surface area (Å²) in [5.74, 6) is -0.345. The van der Waals surface area contributed by atoms with E-state index in [0.29, 0.717) is 43.7 Å². The number of aromatic amines is 1. The summed E-state index contributed by atoms with van der Waals surface area (Å²) in [6.07, 6.45) is 3.05. The van der Waals surface area contributed by atoms with Crippen LogP contribution in [0.2, 0.25) is 0 Å². The van der Waals surface area contributed by atoms with Gasteiger partial charge in [-0.05, 0) is 79.0 Å². The SMILES string of the molecule is Cc1[nH]c2ccccc2c1C1C(CC(=O)N(Cc2ccccc2F)C2(C(=O)Nc3ccc(N4CCOCC4)cc3)CCCC2)C1(C)C. The Bertz CT molecular complexity index is 1770. The van der Waals surface area contributed by atoms with Crippen molar-refractivity contribution < 1.29 is 18.7 Å². The van der Waals surface area contributed by atoms with Gasteiger partial charge in [0.15, 0.2) is 0 Å². The average Bonchev–Trinajstić information content (AvgIpc) is 3.42. The molecule has 4 aromatic rings. The van der Waals surface area contributed by atoms with Crippen molar-refractivity contribution in [3.05, 3.63) is 95.4 Å². The first-order valence-electron chi connectivity index (χ1n) is 17.0. The molecule has 8 heteroatoms. The summed E-state index contributed by atoms with van der Waals surface area (Å²) < 4.78 is 20.6. The smallest absolute Gasteiger partial charge is 0.250 e. The minimum absolute atomic E-state index is 0.0544. The summed E-state index contributed by atoms with van der Waals surface area (Å²) in [6, 6.07) is 22.8. The molecule has 2 saturated carbocycles. The molecule has 7 nitrogen and oxygen atoms in total. The molecule has 3 fully saturated rings. The third kappa shape index (κ3) is 5.81. The third-order valence-electron chi connectivity index (χ3n) is 11.2. The highest BCUT2D eigenvalue weighted by molar-refractivity contribution is 6.01. The fourth-order valence-electron chi connectivity index (χ4n) is 8.37. The maximum atomic E-state index is 15.1. The molecule has 1 saturated heterocycles. The molecule has 2 unspecified atom stereocenters. The van der Waals surface area contributed by atoms with Crippen LogP contribution in [0.25, 0.3) is 10.9 Å². The second kappa shape index (κ2) is 12.5. The number of carbonyl (C=O) groups excluding carboxylic acids is 2. The van der Waals surface area contributed by atoms with Crippen molar-refractivity contribution in [2.75, 3.05) is 36.5 Å². The van der Waals surface area contributed by atoms with Crippen LogP contribution in [-0.2, 0) is 20.9 Å². The number of rotatable bonds is 9. The van der Waals surface area contributed by atoms with E-state index >= 15 is 4.39 Å². The summed E-state index contributed by atoms with van der Waals surface area (Å²) in [6.45, 7) is 9.70. The quantitative estimate of drug-likeness (QED) is 0.199. The van der Waals surface area contributed by atoms with Crippen molar-refractivity contribution in [1.82, 2.24) is 9.88 Å². The molecule has 2 N–H and O–H groups in total. The lowest BCUT2D eigenvalue weighted by Gasteiger charge is -2.40. The topological polar surface area (TPSA) is 77.7 Å². The van der Waals surface area contributed by atoms with Gasteiger partial charge in [-0.2, -0.15) is 0 Å². The summed E-state index contributed by atoms with van der Waals surface area (Å²) >= 11 is 0.